The van der Waals surface area contributed by atoms with Crippen LogP contribution in [0.15, 0.2) is 0 Å². The zero-order chi connectivity index (χ0) is 15.0. The van der Waals surface area contributed by atoms with Crippen molar-refractivity contribution in [3.63, 3.8) is 0 Å². The number of amides is 1. The van der Waals surface area contributed by atoms with Gasteiger partial charge in [0.05, 0.1) is 12.6 Å². The maximum Gasteiger partial charge on any atom is 0.237 e. The Morgan fingerprint density at radius 2 is 1.90 bits per heavy atom. The summed E-state index contributed by atoms with van der Waals surface area (Å²) in [5, 5.41) is 2.90. The van der Waals surface area contributed by atoms with E-state index in [9.17, 15) is 4.79 Å². The first-order valence-electron chi connectivity index (χ1n) is 7.58. The van der Waals surface area contributed by atoms with E-state index in [4.69, 9.17) is 10.5 Å². The molecule has 6 nitrogen and oxygen atoms in total. The molecule has 1 amide bonds. The Bertz CT molecular complexity index is 276. The van der Waals surface area contributed by atoms with Gasteiger partial charge in [-0.2, -0.15) is 0 Å². The van der Waals surface area contributed by atoms with Crippen molar-refractivity contribution >= 4 is 5.91 Å². The van der Waals surface area contributed by atoms with Gasteiger partial charge in [-0.25, -0.2) is 0 Å². The van der Waals surface area contributed by atoms with E-state index < -0.39 is 0 Å². The lowest BCUT2D eigenvalue weighted by Crippen LogP contribution is -2.56. The Morgan fingerprint density at radius 3 is 2.40 bits per heavy atom. The second kappa shape index (κ2) is 9.28. The van der Waals surface area contributed by atoms with Gasteiger partial charge < -0.3 is 15.8 Å². The molecule has 0 aromatic heterocycles. The molecule has 0 spiro atoms. The summed E-state index contributed by atoms with van der Waals surface area (Å²) in [6, 6.07) is 0.398. The smallest absolute Gasteiger partial charge is 0.237 e. The van der Waals surface area contributed by atoms with E-state index in [0.717, 1.165) is 32.6 Å². The summed E-state index contributed by atoms with van der Waals surface area (Å²) in [5.41, 5.74) is 5.79. The van der Waals surface area contributed by atoms with Gasteiger partial charge in [-0.15, -0.1) is 0 Å². The van der Waals surface area contributed by atoms with Gasteiger partial charge in [0, 0.05) is 52.4 Å². The van der Waals surface area contributed by atoms with E-state index >= 15 is 0 Å². The third-order valence-corrected chi connectivity index (χ3v) is 4.14. The first-order valence-corrected chi connectivity index (χ1v) is 7.58. The number of carbonyl (C=O) groups excluding carboxylic acids is 1. The number of carbonyl (C=O) groups is 1. The van der Waals surface area contributed by atoms with Gasteiger partial charge >= 0.3 is 0 Å². The van der Waals surface area contributed by atoms with Gasteiger partial charge in [0.15, 0.2) is 0 Å². The summed E-state index contributed by atoms with van der Waals surface area (Å²) < 4.78 is 4.94. The molecule has 0 radical (unpaired) electrons. The highest BCUT2D eigenvalue weighted by molar-refractivity contribution is 5.81. The minimum absolute atomic E-state index is 0.0769. The van der Waals surface area contributed by atoms with Crippen molar-refractivity contribution in [3.05, 3.63) is 0 Å². The SMILES string of the molecule is CCC(CN)N1CCN(C(C)C(=O)NCCOC)CC1. The zero-order valence-corrected chi connectivity index (χ0v) is 13.1. The van der Waals surface area contributed by atoms with Crippen molar-refractivity contribution in [2.45, 2.75) is 32.4 Å². The maximum absolute atomic E-state index is 12.0. The highest BCUT2D eigenvalue weighted by Crippen LogP contribution is 2.11. The average Bonchev–Trinajstić information content (AvgIpc) is 2.48. The lowest BCUT2D eigenvalue weighted by Gasteiger charge is -2.40. The summed E-state index contributed by atoms with van der Waals surface area (Å²) in [5.74, 6) is 0.0846. The predicted octanol–water partition coefficient (Wildman–Crippen LogP) is -0.508. The fourth-order valence-corrected chi connectivity index (χ4v) is 2.65. The van der Waals surface area contributed by atoms with Gasteiger partial charge in [0.1, 0.15) is 0 Å². The van der Waals surface area contributed by atoms with E-state index in [1.807, 2.05) is 6.92 Å². The second-order valence-electron chi connectivity index (χ2n) is 5.33. The summed E-state index contributed by atoms with van der Waals surface area (Å²) in [6.07, 6.45) is 1.09. The number of nitrogens with two attached hydrogens (primary N) is 1. The van der Waals surface area contributed by atoms with Crippen molar-refractivity contribution in [1.29, 1.82) is 0 Å². The lowest BCUT2D eigenvalue weighted by molar-refractivity contribution is -0.126. The van der Waals surface area contributed by atoms with E-state index in [2.05, 4.69) is 22.0 Å². The van der Waals surface area contributed by atoms with E-state index in [-0.39, 0.29) is 11.9 Å². The Morgan fingerprint density at radius 1 is 1.30 bits per heavy atom. The van der Waals surface area contributed by atoms with Crippen LogP contribution >= 0.6 is 0 Å². The third-order valence-electron chi connectivity index (χ3n) is 4.14. The molecule has 2 atom stereocenters. The molecule has 0 aromatic carbocycles. The molecule has 0 saturated carbocycles. The molecule has 118 valence electrons. The normalized spacial score (nSPS) is 20.6. The minimum Gasteiger partial charge on any atom is -0.383 e. The molecular weight excluding hydrogens is 256 g/mol. The fourth-order valence-electron chi connectivity index (χ4n) is 2.65. The summed E-state index contributed by atoms with van der Waals surface area (Å²) in [4.78, 5) is 16.7. The Kier molecular flexibility index (Phi) is 8.06. The topological polar surface area (TPSA) is 70.8 Å². The molecular formula is C14H30N4O2. The van der Waals surface area contributed by atoms with Crippen molar-refractivity contribution in [2.75, 3.05) is 53.0 Å². The molecule has 0 aliphatic carbocycles. The molecule has 1 aliphatic rings. The summed E-state index contributed by atoms with van der Waals surface area (Å²) in [7, 11) is 1.64. The van der Waals surface area contributed by atoms with Crippen molar-refractivity contribution in [1.82, 2.24) is 15.1 Å². The molecule has 1 aliphatic heterocycles. The number of nitrogens with one attached hydrogen (secondary N) is 1. The van der Waals surface area contributed by atoms with Crippen LogP contribution in [0.5, 0.6) is 0 Å². The standard InChI is InChI=1S/C14H30N4O2/c1-4-13(11-15)18-8-6-17(7-9-18)12(2)14(19)16-5-10-20-3/h12-13H,4-11,15H2,1-3H3,(H,16,19). The van der Waals surface area contributed by atoms with Gasteiger partial charge in [0.2, 0.25) is 5.91 Å². The molecule has 20 heavy (non-hydrogen) atoms. The number of methoxy groups -OCH3 is 1. The van der Waals surface area contributed by atoms with Crippen LogP contribution in [0.2, 0.25) is 0 Å². The first-order chi connectivity index (χ1) is 9.63. The Hall–Kier alpha value is -0.690. The van der Waals surface area contributed by atoms with Crippen LogP contribution in [0, 0.1) is 0 Å². The van der Waals surface area contributed by atoms with Crippen LogP contribution in [0.4, 0.5) is 0 Å². The molecule has 0 bridgehead atoms. The van der Waals surface area contributed by atoms with Crippen LogP contribution in [0.25, 0.3) is 0 Å². The Labute approximate surface area is 122 Å². The molecule has 1 rings (SSSR count). The average molecular weight is 286 g/mol. The zero-order valence-electron chi connectivity index (χ0n) is 13.1. The number of piperazine rings is 1. The number of rotatable bonds is 8. The Balaban J connectivity index is 2.34. The van der Waals surface area contributed by atoms with Gasteiger partial charge in [0.25, 0.3) is 0 Å². The van der Waals surface area contributed by atoms with Crippen molar-refractivity contribution in [2.24, 2.45) is 5.73 Å². The first kappa shape index (κ1) is 17.4. The van der Waals surface area contributed by atoms with Gasteiger partial charge in [-0.1, -0.05) is 6.92 Å². The van der Waals surface area contributed by atoms with Crippen LogP contribution in [-0.4, -0.2) is 80.8 Å². The van der Waals surface area contributed by atoms with Crippen LogP contribution in [0.3, 0.4) is 0 Å². The van der Waals surface area contributed by atoms with Crippen LogP contribution < -0.4 is 11.1 Å². The van der Waals surface area contributed by atoms with Gasteiger partial charge in [-0.3, -0.25) is 14.6 Å². The molecule has 6 heteroatoms. The maximum atomic E-state index is 12.0. The highest BCUT2D eigenvalue weighted by Gasteiger charge is 2.27. The summed E-state index contributed by atoms with van der Waals surface area (Å²) >= 11 is 0. The molecule has 2 unspecified atom stereocenters. The largest absolute Gasteiger partial charge is 0.383 e. The molecule has 3 N–H and O–H groups in total. The minimum atomic E-state index is -0.0769. The van der Waals surface area contributed by atoms with E-state index in [0.29, 0.717) is 25.7 Å². The quantitative estimate of drug-likeness (QED) is 0.588. The van der Waals surface area contributed by atoms with Crippen LogP contribution in [0.1, 0.15) is 20.3 Å². The lowest BCUT2D eigenvalue weighted by atomic mass is 10.1. The molecule has 1 fully saturated rings. The van der Waals surface area contributed by atoms with E-state index in [1.165, 1.54) is 0 Å². The molecule has 1 heterocycles. The number of ether oxygens (including phenoxy) is 1. The number of hydrogen-bond acceptors (Lipinski definition) is 5. The third kappa shape index (κ3) is 5.01. The van der Waals surface area contributed by atoms with Crippen molar-refractivity contribution < 1.29 is 9.53 Å². The monoisotopic (exact) mass is 286 g/mol. The summed E-state index contributed by atoms with van der Waals surface area (Å²) in [6.45, 7) is 9.82. The predicted molar refractivity (Wildman–Crippen MR) is 80.6 cm³/mol. The number of hydrogen-bond donors (Lipinski definition) is 2. The fraction of sp³-hybridized carbons (Fsp3) is 0.929. The number of nitrogens with zero attached hydrogens (tertiary/aromatic N) is 2. The molecule has 1 saturated heterocycles. The van der Waals surface area contributed by atoms with E-state index in [1.54, 1.807) is 7.11 Å². The second-order valence-corrected chi connectivity index (χ2v) is 5.33. The molecule has 0 aromatic rings. The highest BCUT2D eigenvalue weighted by atomic mass is 16.5. The van der Waals surface area contributed by atoms with Gasteiger partial charge in [-0.05, 0) is 13.3 Å². The van der Waals surface area contributed by atoms with Crippen molar-refractivity contribution in [3.8, 4) is 0 Å². The van der Waals surface area contributed by atoms with Crippen LogP contribution in [-0.2, 0) is 9.53 Å².